The molecule has 0 fully saturated rings. The van der Waals surface area contributed by atoms with Crippen LogP contribution in [0.5, 0.6) is 0 Å². The van der Waals surface area contributed by atoms with Crippen molar-refractivity contribution in [2.24, 2.45) is 5.73 Å². The monoisotopic (exact) mass is 407 g/mol. The van der Waals surface area contributed by atoms with Gasteiger partial charge in [0.15, 0.2) is 5.69 Å². The van der Waals surface area contributed by atoms with Gasteiger partial charge in [0.25, 0.3) is 11.6 Å². The quantitative estimate of drug-likeness (QED) is 0.583. The molecule has 2 rings (SSSR count). The molecule has 11 heteroatoms. The van der Waals surface area contributed by atoms with Gasteiger partial charge in [-0.3, -0.25) is 14.9 Å². The highest BCUT2D eigenvalue weighted by molar-refractivity contribution is 6.38. The largest absolute Gasteiger partial charge is 0.349 e. The molecule has 0 saturated heterocycles. The van der Waals surface area contributed by atoms with Gasteiger partial charge in [-0.2, -0.15) is 5.10 Å². The summed E-state index contributed by atoms with van der Waals surface area (Å²) in [4.78, 5) is 22.3. The summed E-state index contributed by atoms with van der Waals surface area (Å²) in [5.74, 6) is -0.401. The van der Waals surface area contributed by atoms with Crippen LogP contribution in [0.1, 0.15) is 24.3 Å². The van der Waals surface area contributed by atoms with Gasteiger partial charge in [0.2, 0.25) is 0 Å². The van der Waals surface area contributed by atoms with Gasteiger partial charge in [-0.1, -0.05) is 23.2 Å². The van der Waals surface area contributed by atoms with Crippen LogP contribution in [-0.2, 0) is 0 Å². The fourth-order valence-corrected chi connectivity index (χ4v) is 2.49. The van der Waals surface area contributed by atoms with Crippen molar-refractivity contribution in [2.75, 3.05) is 6.54 Å². The summed E-state index contributed by atoms with van der Waals surface area (Å²) < 4.78 is 1.29. The molecule has 0 atom stereocenters. The third kappa shape index (κ3) is 5.30. The fourth-order valence-electron chi connectivity index (χ4n) is 1.84. The number of non-ortho nitro benzene ring substituents is 1. The maximum atomic E-state index is 12.1. The summed E-state index contributed by atoms with van der Waals surface area (Å²) in [6, 6.07) is 3.81. The first-order valence-corrected chi connectivity index (χ1v) is 7.60. The van der Waals surface area contributed by atoms with Crippen LogP contribution in [0.4, 0.5) is 5.69 Å². The smallest absolute Gasteiger partial charge is 0.272 e. The number of halogens is 3. The molecule has 1 heterocycles. The maximum Gasteiger partial charge on any atom is 0.272 e. The van der Waals surface area contributed by atoms with Crippen LogP contribution in [0, 0.1) is 10.1 Å². The summed E-state index contributed by atoms with van der Waals surface area (Å²) >= 11 is 12.1. The van der Waals surface area contributed by atoms with Crippen LogP contribution in [0.15, 0.2) is 24.4 Å². The van der Waals surface area contributed by atoms with Gasteiger partial charge in [-0.05, 0) is 19.9 Å². The number of rotatable bonds is 5. The molecule has 0 aliphatic carbocycles. The number of nitro benzene ring substituents is 1. The summed E-state index contributed by atoms with van der Waals surface area (Å²) in [5.41, 5.74) is 5.42. The summed E-state index contributed by atoms with van der Waals surface area (Å²) in [6.45, 7) is 3.84. The van der Waals surface area contributed by atoms with E-state index in [0.29, 0.717) is 0 Å². The minimum Gasteiger partial charge on any atom is -0.349 e. The molecule has 25 heavy (non-hydrogen) atoms. The Labute approximate surface area is 159 Å². The zero-order chi connectivity index (χ0) is 18.1. The molecule has 136 valence electrons. The number of nitrogens with zero attached hydrogens (tertiary/aromatic N) is 3. The number of hydrogen-bond acceptors (Lipinski definition) is 5. The zero-order valence-corrected chi connectivity index (χ0v) is 15.7. The molecule has 2 aromatic rings. The molecule has 0 radical (unpaired) electrons. The number of carbonyl (C=O) groups excluding carboxylic acids is 1. The highest BCUT2D eigenvalue weighted by Gasteiger charge is 2.19. The van der Waals surface area contributed by atoms with Gasteiger partial charge in [0.1, 0.15) is 5.69 Å². The van der Waals surface area contributed by atoms with E-state index in [1.165, 1.54) is 29.1 Å². The number of amides is 1. The number of aromatic nitrogens is 2. The Morgan fingerprint density at radius 2 is 1.96 bits per heavy atom. The molecule has 0 bridgehead atoms. The van der Waals surface area contributed by atoms with Gasteiger partial charge < -0.3 is 11.1 Å². The first kappa shape index (κ1) is 21.2. The van der Waals surface area contributed by atoms with Crippen molar-refractivity contribution < 1.29 is 9.72 Å². The number of benzene rings is 1. The van der Waals surface area contributed by atoms with Crippen molar-refractivity contribution in [1.29, 1.82) is 0 Å². The number of nitrogens with two attached hydrogens (primary N) is 1. The van der Waals surface area contributed by atoms with E-state index < -0.39 is 16.4 Å². The van der Waals surface area contributed by atoms with Crippen LogP contribution < -0.4 is 11.1 Å². The maximum absolute atomic E-state index is 12.1. The third-order valence-corrected chi connectivity index (χ3v) is 3.54. The van der Waals surface area contributed by atoms with Crippen molar-refractivity contribution in [3.05, 3.63) is 50.2 Å². The lowest BCUT2D eigenvalue weighted by molar-refractivity contribution is -0.384. The Hall–Kier alpha value is -1.87. The standard InChI is InChI=1S/C14H15Cl2N5O3.ClH/c1-14(2,17)7-18-13(22)11-3-4-20(19-11)12-9(15)5-8(21(23)24)6-10(12)16;/h3-6H,7,17H2,1-2H3,(H,18,22);1H. The molecule has 8 nitrogen and oxygen atoms in total. The van der Waals surface area contributed by atoms with E-state index >= 15 is 0 Å². The molecule has 0 unspecified atom stereocenters. The van der Waals surface area contributed by atoms with Crippen LogP contribution in [-0.4, -0.2) is 32.7 Å². The Morgan fingerprint density at radius 3 is 2.44 bits per heavy atom. The lowest BCUT2D eigenvalue weighted by Gasteiger charge is -2.18. The molecule has 0 saturated carbocycles. The summed E-state index contributed by atoms with van der Waals surface area (Å²) in [6.07, 6.45) is 1.49. The minimum absolute atomic E-state index is 0. The van der Waals surface area contributed by atoms with E-state index in [-0.39, 0.29) is 46.1 Å². The predicted octanol–water partition coefficient (Wildman–Crippen LogP) is 2.98. The Morgan fingerprint density at radius 1 is 1.40 bits per heavy atom. The van der Waals surface area contributed by atoms with Gasteiger partial charge in [0, 0.05) is 30.4 Å². The normalized spacial score (nSPS) is 10.9. The van der Waals surface area contributed by atoms with Crippen LogP contribution in [0.3, 0.4) is 0 Å². The van der Waals surface area contributed by atoms with Crippen molar-refractivity contribution in [3.63, 3.8) is 0 Å². The number of carbonyl (C=O) groups is 1. The van der Waals surface area contributed by atoms with E-state index in [4.69, 9.17) is 28.9 Å². The average molecular weight is 409 g/mol. The predicted molar refractivity (Wildman–Crippen MR) is 98.1 cm³/mol. The molecule has 1 aromatic heterocycles. The molecule has 0 spiro atoms. The molecule has 0 aliphatic heterocycles. The molecule has 1 aromatic carbocycles. The molecule has 1 amide bonds. The van der Waals surface area contributed by atoms with Gasteiger partial charge in [-0.15, -0.1) is 12.4 Å². The Balaban J connectivity index is 0.00000312. The van der Waals surface area contributed by atoms with Crippen LogP contribution in [0.2, 0.25) is 10.0 Å². The minimum atomic E-state index is -0.599. The lowest BCUT2D eigenvalue weighted by atomic mass is 10.1. The van der Waals surface area contributed by atoms with E-state index in [0.717, 1.165) is 0 Å². The third-order valence-electron chi connectivity index (χ3n) is 2.97. The lowest BCUT2D eigenvalue weighted by Crippen LogP contribution is -2.45. The van der Waals surface area contributed by atoms with E-state index in [1.54, 1.807) is 13.8 Å². The zero-order valence-electron chi connectivity index (χ0n) is 13.3. The van der Waals surface area contributed by atoms with Gasteiger partial charge in [0.05, 0.1) is 15.0 Å². The first-order valence-electron chi connectivity index (χ1n) is 6.85. The van der Waals surface area contributed by atoms with E-state index in [9.17, 15) is 14.9 Å². The van der Waals surface area contributed by atoms with Gasteiger partial charge in [-0.25, -0.2) is 4.68 Å². The van der Waals surface area contributed by atoms with Crippen molar-refractivity contribution in [1.82, 2.24) is 15.1 Å². The number of hydrogen-bond donors (Lipinski definition) is 2. The summed E-state index contributed by atoms with van der Waals surface area (Å²) in [5, 5.41) is 17.7. The SMILES string of the molecule is CC(C)(N)CNC(=O)c1ccn(-c2c(Cl)cc([N+](=O)[O-])cc2Cl)n1.Cl. The summed E-state index contributed by atoms with van der Waals surface area (Å²) in [7, 11) is 0. The first-order chi connectivity index (χ1) is 11.1. The van der Waals surface area contributed by atoms with Crippen LogP contribution >= 0.6 is 35.6 Å². The van der Waals surface area contributed by atoms with Gasteiger partial charge >= 0.3 is 0 Å². The Bertz CT molecular complexity index is 778. The average Bonchev–Trinajstić information content (AvgIpc) is 2.92. The van der Waals surface area contributed by atoms with Crippen molar-refractivity contribution in [3.8, 4) is 5.69 Å². The molecular weight excluding hydrogens is 393 g/mol. The topological polar surface area (TPSA) is 116 Å². The van der Waals surface area contributed by atoms with Crippen molar-refractivity contribution in [2.45, 2.75) is 19.4 Å². The Kier molecular flexibility index (Phi) is 6.78. The molecular formula is C14H16Cl3N5O3. The molecule has 3 N–H and O–H groups in total. The van der Waals surface area contributed by atoms with Crippen molar-refractivity contribution >= 4 is 47.2 Å². The van der Waals surface area contributed by atoms with E-state index in [1.807, 2.05) is 0 Å². The van der Waals surface area contributed by atoms with Crippen LogP contribution in [0.25, 0.3) is 5.69 Å². The number of nitrogens with one attached hydrogen (secondary N) is 1. The second-order valence-corrected chi connectivity index (χ2v) is 6.65. The number of nitro groups is 1. The molecule has 0 aliphatic rings. The highest BCUT2D eigenvalue weighted by atomic mass is 35.5. The second-order valence-electron chi connectivity index (χ2n) is 5.83. The fraction of sp³-hybridized carbons (Fsp3) is 0.286. The highest BCUT2D eigenvalue weighted by Crippen LogP contribution is 2.32. The second kappa shape index (κ2) is 8.01. The van der Waals surface area contributed by atoms with E-state index in [2.05, 4.69) is 10.4 Å².